The second kappa shape index (κ2) is 9.75. The minimum Gasteiger partial charge on any atom is -0.497 e. The number of nitrogens with zero attached hydrogens (tertiary/aromatic N) is 2. The molecule has 0 unspecified atom stereocenters. The van der Waals surface area contributed by atoms with Gasteiger partial charge >= 0.3 is 0 Å². The summed E-state index contributed by atoms with van der Waals surface area (Å²) in [6.45, 7) is 8.47. The fourth-order valence-corrected chi connectivity index (χ4v) is 4.44. The van der Waals surface area contributed by atoms with E-state index in [-0.39, 0.29) is 11.4 Å². The van der Waals surface area contributed by atoms with Crippen molar-refractivity contribution in [2.24, 2.45) is 0 Å². The number of hydrogen-bond donors (Lipinski definition) is 1. The van der Waals surface area contributed by atoms with Crippen LogP contribution in [0.2, 0.25) is 0 Å². The zero-order valence-corrected chi connectivity index (χ0v) is 19.9. The van der Waals surface area contributed by atoms with E-state index in [4.69, 9.17) is 4.74 Å². The summed E-state index contributed by atoms with van der Waals surface area (Å²) in [5, 5.41) is 4.35. The number of fused-ring (bicyclic) bond motifs is 1. The zero-order valence-electron chi connectivity index (χ0n) is 19.9. The molecule has 3 aromatic rings. The van der Waals surface area contributed by atoms with E-state index in [1.165, 1.54) is 25.9 Å². The molecule has 5 rings (SSSR count). The topological polar surface area (TPSA) is 54.5 Å². The number of carbonyl (C=O) groups is 1. The monoisotopic (exact) mass is 443 g/mol. The molecule has 2 aliphatic rings. The highest BCUT2D eigenvalue weighted by molar-refractivity contribution is 5.97. The smallest absolute Gasteiger partial charge is 0.252 e. The summed E-state index contributed by atoms with van der Waals surface area (Å²) in [5.41, 5.74) is 4.25. The van der Waals surface area contributed by atoms with E-state index in [0.29, 0.717) is 11.3 Å². The molecular formula is C28H33N3O2. The molecule has 172 valence electrons. The van der Waals surface area contributed by atoms with Crippen LogP contribution >= 0.6 is 0 Å². The lowest BCUT2D eigenvalue weighted by atomic mass is 9.95. The third-order valence-electron chi connectivity index (χ3n) is 6.62. The standard InChI is InChI=1S/C23H22N2O2.C5H11N/c1-4-16-12-20(18-6-5-11-24-21(18)13-16)23(9-10-23)25-22(26)19-14-17(27-3)8-7-15(19)2;1-6-4-2-3-5-6/h4-8,11-14H,1,9-10H2,2-3H3,(H,25,26);2-5H2,1H3. The fraction of sp³-hybridized carbons (Fsp3) is 0.357. The number of methoxy groups -OCH3 is 1. The van der Waals surface area contributed by atoms with Gasteiger partial charge in [-0.1, -0.05) is 24.8 Å². The summed E-state index contributed by atoms with van der Waals surface area (Å²) in [4.78, 5) is 19.9. The third kappa shape index (κ3) is 5.09. The Morgan fingerprint density at radius 3 is 2.55 bits per heavy atom. The van der Waals surface area contributed by atoms with Gasteiger partial charge in [0.05, 0.1) is 18.2 Å². The lowest BCUT2D eigenvalue weighted by Gasteiger charge is -2.21. The molecule has 2 aromatic carbocycles. The van der Waals surface area contributed by atoms with Crippen LogP contribution in [0.4, 0.5) is 0 Å². The summed E-state index contributed by atoms with van der Waals surface area (Å²) in [6.07, 6.45) is 8.25. The number of aryl methyl sites for hydroxylation is 1. The first-order chi connectivity index (χ1) is 16.0. The Morgan fingerprint density at radius 2 is 1.94 bits per heavy atom. The van der Waals surface area contributed by atoms with E-state index < -0.39 is 0 Å². The number of benzene rings is 2. The van der Waals surface area contributed by atoms with Crippen LogP contribution in [0.15, 0.2) is 55.2 Å². The van der Waals surface area contributed by atoms with Gasteiger partial charge in [-0.2, -0.15) is 0 Å². The maximum Gasteiger partial charge on any atom is 0.252 e. The lowest BCUT2D eigenvalue weighted by Crippen LogP contribution is -2.35. The molecule has 2 heterocycles. The fourth-order valence-electron chi connectivity index (χ4n) is 4.44. The number of pyridine rings is 1. The van der Waals surface area contributed by atoms with E-state index in [1.807, 2.05) is 37.3 Å². The van der Waals surface area contributed by atoms with Crippen molar-refractivity contribution in [1.82, 2.24) is 15.2 Å². The first kappa shape index (κ1) is 23.0. The zero-order chi connectivity index (χ0) is 23.4. The average Bonchev–Trinajstić information content (AvgIpc) is 3.46. The largest absolute Gasteiger partial charge is 0.497 e. The minimum absolute atomic E-state index is 0.0788. The van der Waals surface area contributed by atoms with Crippen LogP contribution in [0.1, 0.15) is 52.7 Å². The van der Waals surface area contributed by atoms with Crippen molar-refractivity contribution in [2.75, 3.05) is 27.2 Å². The van der Waals surface area contributed by atoms with Gasteiger partial charge < -0.3 is 15.0 Å². The Bertz CT molecular complexity index is 1160. The number of likely N-dealkylation sites (tertiary alicyclic amines) is 1. The number of aromatic nitrogens is 1. The van der Waals surface area contributed by atoms with Gasteiger partial charge in [0.2, 0.25) is 0 Å². The van der Waals surface area contributed by atoms with Crippen molar-refractivity contribution in [3.05, 3.63) is 77.5 Å². The van der Waals surface area contributed by atoms with Crippen LogP contribution in [-0.2, 0) is 5.54 Å². The Labute approximate surface area is 196 Å². The number of hydrogen-bond acceptors (Lipinski definition) is 4. The van der Waals surface area contributed by atoms with Crippen molar-refractivity contribution in [3.8, 4) is 5.75 Å². The molecule has 1 aliphatic carbocycles. The molecule has 1 saturated heterocycles. The summed E-state index contributed by atoms with van der Waals surface area (Å²) >= 11 is 0. The van der Waals surface area contributed by atoms with Gasteiger partial charge in [0.1, 0.15) is 5.75 Å². The number of rotatable bonds is 5. The van der Waals surface area contributed by atoms with Crippen LogP contribution in [-0.4, -0.2) is 43.0 Å². The van der Waals surface area contributed by atoms with Gasteiger partial charge in [-0.05, 0) is 99.8 Å². The van der Waals surface area contributed by atoms with Crippen molar-refractivity contribution in [3.63, 3.8) is 0 Å². The van der Waals surface area contributed by atoms with Crippen LogP contribution in [0.25, 0.3) is 17.0 Å². The molecule has 33 heavy (non-hydrogen) atoms. The lowest BCUT2D eigenvalue weighted by molar-refractivity contribution is 0.0930. The van der Waals surface area contributed by atoms with Gasteiger partial charge in [-0.25, -0.2) is 0 Å². The predicted octanol–water partition coefficient (Wildman–Crippen LogP) is 5.33. The van der Waals surface area contributed by atoms with E-state index in [0.717, 1.165) is 40.4 Å². The van der Waals surface area contributed by atoms with Crippen LogP contribution in [0.5, 0.6) is 5.75 Å². The average molecular weight is 444 g/mol. The Balaban J connectivity index is 0.000000376. The molecule has 1 saturated carbocycles. The molecule has 1 aliphatic heterocycles. The molecule has 0 atom stereocenters. The molecule has 1 amide bonds. The molecule has 1 aromatic heterocycles. The van der Waals surface area contributed by atoms with Gasteiger partial charge in [-0.3, -0.25) is 9.78 Å². The van der Waals surface area contributed by atoms with Crippen molar-refractivity contribution in [2.45, 2.75) is 38.1 Å². The number of ether oxygens (including phenoxy) is 1. The Morgan fingerprint density at radius 1 is 1.18 bits per heavy atom. The minimum atomic E-state index is -0.354. The number of nitrogens with one attached hydrogen (secondary N) is 1. The summed E-state index contributed by atoms with van der Waals surface area (Å²) in [5.74, 6) is 0.601. The second-order valence-corrected chi connectivity index (χ2v) is 9.07. The number of carbonyl (C=O) groups excluding carboxylic acids is 1. The Kier molecular flexibility index (Phi) is 6.80. The molecule has 5 heteroatoms. The van der Waals surface area contributed by atoms with Crippen LogP contribution in [0.3, 0.4) is 0 Å². The second-order valence-electron chi connectivity index (χ2n) is 9.07. The quantitative estimate of drug-likeness (QED) is 0.579. The predicted molar refractivity (Wildman–Crippen MR) is 135 cm³/mol. The first-order valence-corrected chi connectivity index (χ1v) is 11.6. The molecule has 2 fully saturated rings. The third-order valence-corrected chi connectivity index (χ3v) is 6.62. The van der Waals surface area contributed by atoms with E-state index >= 15 is 0 Å². The molecule has 0 spiro atoms. The normalized spacial score (nSPS) is 16.6. The highest BCUT2D eigenvalue weighted by Gasteiger charge is 2.47. The van der Waals surface area contributed by atoms with Crippen LogP contribution < -0.4 is 10.1 Å². The van der Waals surface area contributed by atoms with Gasteiger partial charge in [0, 0.05) is 17.1 Å². The SMILES string of the molecule is C=Cc1cc(C2(NC(=O)c3cc(OC)ccc3C)CC2)c2cccnc2c1.CN1CCCC1. The van der Waals surface area contributed by atoms with Crippen LogP contribution in [0, 0.1) is 6.92 Å². The molecule has 0 radical (unpaired) electrons. The number of amides is 1. The summed E-state index contributed by atoms with van der Waals surface area (Å²) in [6, 6.07) is 13.7. The Hall–Kier alpha value is -3.18. The maximum absolute atomic E-state index is 13.1. The summed E-state index contributed by atoms with van der Waals surface area (Å²) in [7, 11) is 3.78. The molecular weight excluding hydrogens is 410 g/mol. The van der Waals surface area contributed by atoms with Gasteiger partial charge in [0.15, 0.2) is 0 Å². The van der Waals surface area contributed by atoms with E-state index in [2.05, 4.69) is 41.0 Å². The first-order valence-electron chi connectivity index (χ1n) is 11.6. The van der Waals surface area contributed by atoms with Gasteiger partial charge in [-0.15, -0.1) is 0 Å². The van der Waals surface area contributed by atoms with Crippen molar-refractivity contribution >= 4 is 22.9 Å². The molecule has 5 nitrogen and oxygen atoms in total. The highest BCUT2D eigenvalue weighted by Crippen LogP contribution is 2.48. The summed E-state index contributed by atoms with van der Waals surface area (Å²) < 4.78 is 5.28. The van der Waals surface area contributed by atoms with E-state index in [9.17, 15) is 4.79 Å². The molecule has 0 bridgehead atoms. The highest BCUT2D eigenvalue weighted by atomic mass is 16.5. The molecule has 1 N–H and O–H groups in total. The van der Waals surface area contributed by atoms with Gasteiger partial charge in [0.25, 0.3) is 5.91 Å². The van der Waals surface area contributed by atoms with Crippen molar-refractivity contribution in [1.29, 1.82) is 0 Å². The maximum atomic E-state index is 13.1. The van der Waals surface area contributed by atoms with Crippen molar-refractivity contribution < 1.29 is 9.53 Å². The van der Waals surface area contributed by atoms with E-state index in [1.54, 1.807) is 19.4 Å².